The van der Waals surface area contributed by atoms with Crippen LogP contribution in [-0.4, -0.2) is 62.0 Å². The maximum Gasteiger partial charge on any atom is 0.194 e. The summed E-state index contributed by atoms with van der Waals surface area (Å²) in [6, 6.07) is 8.01. The Bertz CT molecular complexity index is 531. The molecule has 1 fully saturated rings. The highest BCUT2D eigenvalue weighted by Gasteiger charge is 2.29. The van der Waals surface area contributed by atoms with Gasteiger partial charge in [0.05, 0.1) is 19.3 Å². The lowest BCUT2D eigenvalue weighted by Crippen LogP contribution is -2.43. The molecule has 6 nitrogen and oxygen atoms in total. The normalized spacial score (nSPS) is 16.7. The van der Waals surface area contributed by atoms with E-state index in [0.717, 1.165) is 24.8 Å². The van der Waals surface area contributed by atoms with Crippen LogP contribution in [0.4, 0.5) is 0 Å². The van der Waals surface area contributed by atoms with Crippen molar-refractivity contribution in [3.8, 4) is 5.75 Å². The number of halogens is 1. The van der Waals surface area contributed by atoms with Gasteiger partial charge in [0.15, 0.2) is 5.96 Å². The fourth-order valence-electron chi connectivity index (χ4n) is 2.68. The van der Waals surface area contributed by atoms with E-state index in [1.54, 1.807) is 7.11 Å². The summed E-state index contributed by atoms with van der Waals surface area (Å²) in [5, 5.41) is 13.9. The van der Waals surface area contributed by atoms with Crippen molar-refractivity contribution in [3.63, 3.8) is 0 Å². The Hall–Kier alpha value is -1.06. The maximum absolute atomic E-state index is 10.6. The highest BCUT2D eigenvalue weighted by Crippen LogP contribution is 2.20. The molecule has 0 spiro atoms. The predicted molar refractivity (Wildman–Crippen MR) is 111 cm³/mol. The van der Waals surface area contributed by atoms with E-state index in [9.17, 15) is 5.11 Å². The van der Waals surface area contributed by atoms with Gasteiger partial charge < -0.3 is 24.8 Å². The van der Waals surface area contributed by atoms with Crippen LogP contribution in [0.1, 0.15) is 25.3 Å². The average Bonchev–Trinajstić information content (AvgIpc) is 2.60. The van der Waals surface area contributed by atoms with Gasteiger partial charge in [-0.25, -0.2) is 0 Å². The van der Waals surface area contributed by atoms with Gasteiger partial charge >= 0.3 is 0 Å². The van der Waals surface area contributed by atoms with Gasteiger partial charge in [0.25, 0.3) is 0 Å². The van der Waals surface area contributed by atoms with E-state index in [0.29, 0.717) is 32.6 Å². The molecule has 1 saturated heterocycles. The molecule has 2 rings (SSSR count). The zero-order chi connectivity index (χ0) is 17.4. The molecule has 0 aliphatic carbocycles. The number of ether oxygens (including phenoxy) is 2. The molecule has 0 unspecified atom stereocenters. The third-order valence-corrected chi connectivity index (χ3v) is 4.22. The number of hydrogen-bond donors (Lipinski definition) is 2. The topological polar surface area (TPSA) is 66.3 Å². The molecule has 1 aliphatic rings. The van der Waals surface area contributed by atoms with Gasteiger partial charge in [-0.3, -0.25) is 4.99 Å². The molecule has 0 radical (unpaired) electrons. The van der Waals surface area contributed by atoms with E-state index in [1.165, 1.54) is 5.56 Å². The first kappa shape index (κ1) is 22.0. The Morgan fingerprint density at radius 2 is 1.96 bits per heavy atom. The lowest BCUT2D eigenvalue weighted by Gasteiger charge is -2.31. The minimum Gasteiger partial charge on any atom is -0.497 e. The number of rotatable bonds is 6. The molecule has 0 amide bonds. The van der Waals surface area contributed by atoms with E-state index in [4.69, 9.17) is 9.47 Å². The Morgan fingerprint density at radius 3 is 2.52 bits per heavy atom. The molecular weight excluding hydrogens is 433 g/mol. The van der Waals surface area contributed by atoms with Gasteiger partial charge in [0.1, 0.15) is 5.75 Å². The first-order valence-electron chi connectivity index (χ1n) is 8.49. The van der Waals surface area contributed by atoms with Gasteiger partial charge in [-0.15, -0.1) is 24.0 Å². The molecule has 142 valence electrons. The molecule has 2 N–H and O–H groups in total. The van der Waals surface area contributed by atoms with Crippen LogP contribution >= 0.6 is 24.0 Å². The molecule has 1 aromatic carbocycles. The van der Waals surface area contributed by atoms with E-state index < -0.39 is 5.60 Å². The van der Waals surface area contributed by atoms with Crippen LogP contribution in [0, 0.1) is 0 Å². The number of benzene rings is 1. The molecular formula is C18H30IN3O3. The first-order valence-corrected chi connectivity index (χ1v) is 8.49. The fourth-order valence-corrected chi connectivity index (χ4v) is 2.68. The average molecular weight is 463 g/mol. The number of aliphatic hydroxyl groups is 1. The zero-order valence-corrected chi connectivity index (χ0v) is 17.7. The molecule has 0 atom stereocenters. The van der Waals surface area contributed by atoms with Gasteiger partial charge in [-0.1, -0.05) is 12.1 Å². The summed E-state index contributed by atoms with van der Waals surface area (Å²) >= 11 is 0. The summed E-state index contributed by atoms with van der Waals surface area (Å²) in [6.07, 6.45) is 1.27. The summed E-state index contributed by atoms with van der Waals surface area (Å²) < 4.78 is 10.5. The van der Waals surface area contributed by atoms with E-state index in [1.807, 2.05) is 38.2 Å². The number of nitrogens with one attached hydrogen (secondary N) is 1. The summed E-state index contributed by atoms with van der Waals surface area (Å²) in [7, 11) is 3.66. The van der Waals surface area contributed by atoms with Gasteiger partial charge in [-0.2, -0.15) is 0 Å². The lowest BCUT2D eigenvalue weighted by molar-refractivity contribution is -0.0566. The molecule has 0 aromatic heterocycles. The van der Waals surface area contributed by atoms with Crippen molar-refractivity contribution in [3.05, 3.63) is 29.8 Å². The molecule has 1 heterocycles. The highest BCUT2D eigenvalue weighted by molar-refractivity contribution is 14.0. The van der Waals surface area contributed by atoms with Crippen molar-refractivity contribution in [1.82, 2.24) is 10.2 Å². The number of hydrogen-bond acceptors (Lipinski definition) is 4. The largest absolute Gasteiger partial charge is 0.497 e. The number of guanidine groups is 1. The summed E-state index contributed by atoms with van der Waals surface area (Å²) in [4.78, 5) is 6.70. The first-order chi connectivity index (χ1) is 11.6. The van der Waals surface area contributed by atoms with Crippen LogP contribution in [-0.2, 0) is 11.3 Å². The van der Waals surface area contributed by atoms with E-state index in [-0.39, 0.29) is 24.0 Å². The van der Waals surface area contributed by atoms with Gasteiger partial charge in [0.2, 0.25) is 0 Å². The van der Waals surface area contributed by atoms with Crippen LogP contribution < -0.4 is 10.1 Å². The quantitative estimate of drug-likeness (QED) is 0.385. The van der Waals surface area contributed by atoms with E-state index in [2.05, 4.69) is 15.2 Å². The second kappa shape index (κ2) is 10.8. The Labute approximate surface area is 167 Å². The predicted octanol–water partition coefficient (Wildman–Crippen LogP) is 2.25. The number of nitrogens with zero attached hydrogens (tertiary/aromatic N) is 2. The van der Waals surface area contributed by atoms with Crippen molar-refractivity contribution in [1.29, 1.82) is 0 Å². The Kier molecular flexibility index (Phi) is 9.52. The third kappa shape index (κ3) is 6.99. The summed E-state index contributed by atoms with van der Waals surface area (Å²) in [6.45, 7) is 5.16. The lowest BCUT2D eigenvalue weighted by atomic mass is 9.95. The Morgan fingerprint density at radius 1 is 1.32 bits per heavy atom. The molecule has 0 saturated carbocycles. The summed E-state index contributed by atoms with van der Waals surface area (Å²) in [5.74, 6) is 1.65. The number of aliphatic imine (C=N–C) groups is 1. The van der Waals surface area contributed by atoms with Crippen LogP contribution in [0.2, 0.25) is 0 Å². The SMILES string of the molecule is CCNC(=NCC1(O)CCOCC1)N(C)Cc1ccc(OC)cc1.I. The molecule has 1 aromatic rings. The van der Waals surface area contributed by atoms with Crippen LogP contribution in [0.5, 0.6) is 5.75 Å². The number of methoxy groups -OCH3 is 1. The van der Waals surface area contributed by atoms with Gasteiger partial charge in [-0.05, 0) is 24.6 Å². The third-order valence-electron chi connectivity index (χ3n) is 4.22. The van der Waals surface area contributed by atoms with E-state index >= 15 is 0 Å². The monoisotopic (exact) mass is 463 g/mol. The molecule has 25 heavy (non-hydrogen) atoms. The molecule has 0 bridgehead atoms. The minimum absolute atomic E-state index is 0. The highest BCUT2D eigenvalue weighted by atomic mass is 127. The van der Waals surface area contributed by atoms with Crippen LogP contribution in [0.3, 0.4) is 0 Å². The van der Waals surface area contributed by atoms with Crippen molar-refractivity contribution in [2.75, 3.05) is 40.5 Å². The van der Waals surface area contributed by atoms with Crippen molar-refractivity contribution >= 4 is 29.9 Å². The Balaban J connectivity index is 0.00000312. The zero-order valence-electron chi connectivity index (χ0n) is 15.3. The maximum atomic E-state index is 10.6. The second-order valence-corrected chi connectivity index (χ2v) is 6.21. The smallest absolute Gasteiger partial charge is 0.194 e. The van der Waals surface area contributed by atoms with Crippen LogP contribution in [0.15, 0.2) is 29.3 Å². The standard InChI is InChI=1S/C18H29N3O3.HI/c1-4-19-17(20-14-18(22)9-11-24-12-10-18)21(2)13-15-5-7-16(23-3)8-6-15;/h5-8,22H,4,9-14H2,1-3H3,(H,19,20);1H. The van der Waals surface area contributed by atoms with Crippen molar-refractivity contribution in [2.24, 2.45) is 4.99 Å². The molecule has 7 heteroatoms. The fraction of sp³-hybridized carbons (Fsp3) is 0.611. The van der Waals surface area contributed by atoms with Crippen molar-refractivity contribution in [2.45, 2.75) is 31.9 Å². The second-order valence-electron chi connectivity index (χ2n) is 6.21. The molecule has 1 aliphatic heterocycles. The van der Waals surface area contributed by atoms with Crippen LogP contribution in [0.25, 0.3) is 0 Å². The van der Waals surface area contributed by atoms with Gasteiger partial charge in [0, 0.05) is 46.2 Å². The summed E-state index contributed by atoms with van der Waals surface area (Å²) in [5.41, 5.74) is 0.425. The minimum atomic E-state index is -0.750. The van der Waals surface area contributed by atoms with Crippen molar-refractivity contribution < 1.29 is 14.6 Å².